The third-order valence-electron chi connectivity index (χ3n) is 4.21. The van der Waals surface area contributed by atoms with Crippen molar-refractivity contribution >= 4 is 27.0 Å². The average molecular weight is 335 g/mol. The first-order valence-electron chi connectivity index (χ1n) is 7.41. The molecule has 2 aliphatic rings. The second-order valence-corrected chi connectivity index (χ2v) is 6.70. The van der Waals surface area contributed by atoms with Gasteiger partial charge < -0.3 is 9.88 Å². The van der Waals surface area contributed by atoms with Crippen LogP contribution in [-0.2, 0) is 6.54 Å². The smallest absolute Gasteiger partial charge is 0.124 e. The van der Waals surface area contributed by atoms with Crippen molar-refractivity contribution < 1.29 is 0 Å². The van der Waals surface area contributed by atoms with Gasteiger partial charge in [-0.2, -0.15) is 0 Å². The minimum absolute atomic E-state index is 0.680. The molecule has 5 heteroatoms. The van der Waals surface area contributed by atoms with E-state index in [1.54, 1.807) is 0 Å². The molecule has 2 heterocycles. The molecule has 106 valence electrons. The molecule has 1 N–H and O–H groups in total. The lowest BCUT2D eigenvalue weighted by atomic mass is 10.3. The summed E-state index contributed by atoms with van der Waals surface area (Å²) in [6, 6.07) is 7.14. The summed E-state index contributed by atoms with van der Waals surface area (Å²) < 4.78 is 3.59. The van der Waals surface area contributed by atoms with E-state index in [0.29, 0.717) is 6.04 Å². The summed E-state index contributed by atoms with van der Waals surface area (Å²) in [7, 11) is 0. The van der Waals surface area contributed by atoms with Gasteiger partial charge in [-0.15, -0.1) is 0 Å². The Hall–Kier alpha value is -0.910. The first-order chi connectivity index (χ1) is 9.81. The highest BCUT2D eigenvalue weighted by atomic mass is 79.9. The van der Waals surface area contributed by atoms with Crippen LogP contribution in [0.25, 0.3) is 11.0 Å². The number of imidazole rings is 1. The Bertz CT molecular complexity index is 626. The fourth-order valence-electron chi connectivity index (χ4n) is 3.04. The maximum Gasteiger partial charge on any atom is 0.124 e. The molecule has 1 aliphatic carbocycles. The summed E-state index contributed by atoms with van der Waals surface area (Å²) >= 11 is 3.55. The molecule has 0 amide bonds. The highest BCUT2D eigenvalue weighted by Gasteiger charge is 2.28. The van der Waals surface area contributed by atoms with E-state index in [0.717, 1.165) is 42.7 Å². The van der Waals surface area contributed by atoms with E-state index < -0.39 is 0 Å². The molecule has 4 nitrogen and oxygen atoms in total. The van der Waals surface area contributed by atoms with Crippen LogP contribution in [-0.4, -0.2) is 40.6 Å². The number of nitrogens with zero attached hydrogens (tertiary/aromatic N) is 3. The Morgan fingerprint density at radius 1 is 1.25 bits per heavy atom. The Morgan fingerprint density at radius 2 is 2.05 bits per heavy atom. The molecule has 0 radical (unpaired) electrons. The van der Waals surface area contributed by atoms with E-state index in [9.17, 15) is 0 Å². The van der Waals surface area contributed by atoms with Gasteiger partial charge in [-0.1, -0.05) is 15.9 Å². The van der Waals surface area contributed by atoms with Gasteiger partial charge in [0.05, 0.1) is 17.6 Å². The van der Waals surface area contributed by atoms with Crippen molar-refractivity contribution in [2.75, 3.05) is 26.2 Å². The fourth-order valence-corrected chi connectivity index (χ4v) is 3.39. The van der Waals surface area contributed by atoms with Crippen molar-refractivity contribution in [3.8, 4) is 0 Å². The number of fused-ring (bicyclic) bond motifs is 1. The minimum atomic E-state index is 0.680. The molecular formula is C15H19BrN4. The molecule has 0 bridgehead atoms. The second kappa shape index (κ2) is 5.13. The summed E-state index contributed by atoms with van der Waals surface area (Å²) in [6.45, 7) is 5.41. The number of piperazine rings is 1. The summed E-state index contributed by atoms with van der Waals surface area (Å²) in [5.74, 6) is 1.24. The van der Waals surface area contributed by atoms with Crippen LogP contribution in [0.2, 0.25) is 0 Å². The molecule has 1 saturated heterocycles. The third kappa shape index (κ3) is 2.38. The van der Waals surface area contributed by atoms with Gasteiger partial charge in [0.25, 0.3) is 0 Å². The lowest BCUT2D eigenvalue weighted by molar-refractivity contribution is 0.225. The van der Waals surface area contributed by atoms with Gasteiger partial charge in [-0.05, 0) is 31.0 Å². The SMILES string of the molecule is Brc1ccc2c(c1)nc(CN1CCNCC1)n2C1CC1. The van der Waals surface area contributed by atoms with Crippen LogP contribution >= 0.6 is 15.9 Å². The summed E-state index contributed by atoms with van der Waals surface area (Å²) in [5, 5.41) is 3.41. The Balaban J connectivity index is 1.71. The zero-order valence-electron chi connectivity index (χ0n) is 11.5. The van der Waals surface area contributed by atoms with Crippen LogP contribution in [0.1, 0.15) is 24.7 Å². The zero-order chi connectivity index (χ0) is 13.5. The molecule has 0 spiro atoms. The van der Waals surface area contributed by atoms with E-state index in [-0.39, 0.29) is 0 Å². The van der Waals surface area contributed by atoms with Gasteiger partial charge in [-0.3, -0.25) is 4.90 Å². The standard InChI is InChI=1S/C15H19BrN4/c16-11-1-4-14-13(9-11)18-15(20(14)12-2-3-12)10-19-7-5-17-6-8-19/h1,4,9,12,17H,2-3,5-8,10H2. The molecule has 0 atom stereocenters. The molecule has 1 aliphatic heterocycles. The first-order valence-corrected chi connectivity index (χ1v) is 8.20. The quantitative estimate of drug-likeness (QED) is 0.936. The Kier molecular flexibility index (Phi) is 3.28. The van der Waals surface area contributed by atoms with Crippen LogP contribution in [0.3, 0.4) is 0 Å². The number of hydrogen-bond acceptors (Lipinski definition) is 3. The Morgan fingerprint density at radius 3 is 2.80 bits per heavy atom. The van der Waals surface area contributed by atoms with Gasteiger partial charge >= 0.3 is 0 Å². The van der Waals surface area contributed by atoms with Gasteiger partial charge in [0.15, 0.2) is 0 Å². The van der Waals surface area contributed by atoms with E-state index in [2.05, 4.69) is 48.9 Å². The lowest BCUT2D eigenvalue weighted by Crippen LogP contribution is -2.43. The zero-order valence-corrected chi connectivity index (χ0v) is 13.1. The predicted molar refractivity (Wildman–Crippen MR) is 83.9 cm³/mol. The van der Waals surface area contributed by atoms with Crippen molar-refractivity contribution in [1.29, 1.82) is 0 Å². The van der Waals surface area contributed by atoms with Crippen molar-refractivity contribution in [3.63, 3.8) is 0 Å². The maximum atomic E-state index is 4.90. The molecular weight excluding hydrogens is 316 g/mol. The maximum absolute atomic E-state index is 4.90. The summed E-state index contributed by atoms with van der Waals surface area (Å²) in [5.41, 5.74) is 2.41. The molecule has 0 unspecified atom stereocenters. The number of nitrogens with one attached hydrogen (secondary N) is 1. The highest BCUT2D eigenvalue weighted by Crippen LogP contribution is 2.39. The molecule has 1 saturated carbocycles. The summed E-state index contributed by atoms with van der Waals surface area (Å²) in [4.78, 5) is 7.41. The van der Waals surface area contributed by atoms with Crippen LogP contribution < -0.4 is 5.32 Å². The van der Waals surface area contributed by atoms with Crippen molar-refractivity contribution in [3.05, 3.63) is 28.5 Å². The Labute approximate surface area is 127 Å². The number of benzene rings is 1. The van der Waals surface area contributed by atoms with E-state index in [1.165, 1.54) is 24.2 Å². The lowest BCUT2D eigenvalue weighted by Gasteiger charge is -2.27. The molecule has 2 fully saturated rings. The predicted octanol–water partition coefficient (Wildman–Crippen LogP) is 2.54. The topological polar surface area (TPSA) is 33.1 Å². The second-order valence-electron chi connectivity index (χ2n) is 5.79. The number of rotatable bonds is 3. The monoisotopic (exact) mass is 334 g/mol. The van der Waals surface area contributed by atoms with Gasteiger partial charge in [0.2, 0.25) is 0 Å². The third-order valence-corrected chi connectivity index (χ3v) is 4.70. The van der Waals surface area contributed by atoms with E-state index >= 15 is 0 Å². The van der Waals surface area contributed by atoms with E-state index in [1.807, 2.05) is 0 Å². The molecule has 1 aromatic heterocycles. The average Bonchev–Trinajstić information content (AvgIpc) is 3.22. The summed E-state index contributed by atoms with van der Waals surface area (Å²) in [6.07, 6.45) is 2.60. The van der Waals surface area contributed by atoms with Crippen LogP contribution in [0, 0.1) is 0 Å². The van der Waals surface area contributed by atoms with Crippen molar-refractivity contribution in [1.82, 2.24) is 19.8 Å². The van der Waals surface area contributed by atoms with Gasteiger partial charge in [0.1, 0.15) is 5.82 Å². The number of aromatic nitrogens is 2. The van der Waals surface area contributed by atoms with Gasteiger partial charge in [-0.25, -0.2) is 4.98 Å². The highest BCUT2D eigenvalue weighted by molar-refractivity contribution is 9.10. The van der Waals surface area contributed by atoms with Crippen LogP contribution in [0.5, 0.6) is 0 Å². The number of halogens is 1. The van der Waals surface area contributed by atoms with Gasteiger partial charge in [0, 0.05) is 36.7 Å². The van der Waals surface area contributed by atoms with Crippen LogP contribution in [0.15, 0.2) is 22.7 Å². The van der Waals surface area contributed by atoms with Crippen molar-refractivity contribution in [2.24, 2.45) is 0 Å². The molecule has 2 aromatic rings. The normalized spacial score (nSPS) is 20.6. The van der Waals surface area contributed by atoms with Crippen molar-refractivity contribution in [2.45, 2.75) is 25.4 Å². The minimum Gasteiger partial charge on any atom is -0.324 e. The largest absolute Gasteiger partial charge is 0.324 e. The van der Waals surface area contributed by atoms with Crippen LogP contribution in [0.4, 0.5) is 0 Å². The first kappa shape index (κ1) is 12.8. The molecule has 4 rings (SSSR count). The number of hydrogen-bond donors (Lipinski definition) is 1. The van der Waals surface area contributed by atoms with E-state index in [4.69, 9.17) is 4.98 Å². The fraction of sp³-hybridized carbons (Fsp3) is 0.533. The molecule has 20 heavy (non-hydrogen) atoms. The molecule has 1 aromatic carbocycles.